The summed E-state index contributed by atoms with van der Waals surface area (Å²) in [6, 6.07) is 16.9. The van der Waals surface area contributed by atoms with Gasteiger partial charge in [0.25, 0.3) is 0 Å². The van der Waals surface area contributed by atoms with Gasteiger partial charge in [-0.1, -0.05) is 55.5 Å². The number of carbonyl (C=O) groups is 2. The van der Waals surface area contributed by atoms with Crippen LogP contribution in [-0.2, 0) is 15.0 Å². The van der Waals surface area contributed by atoms with Crippen LogP contribution >= 0.6 is 0 Å². The number of carbonyl (C=O) groups excluding carboxylic acids is 1. The van der Waals surface area contributed by atoms with Gasteiger partial charge < -0.3 is 9.84 Å². The molecule has 0 aromatic heterocycles. The highest BCUT2D eigenvalue weighted by atomic mass is 16.5. The summed E-state index contributed by atoms with van der Waals surface area (Å²) < 4.78 is 5.27. The van der Waals surface area contributed by atoms with Crippen LogP contribution in [0.1, 0.15) is 18.9 Å². The van der Waals surface area contributed by atoms with Crippen molar-refractivity contribution in [3.05, 3.63) is 66.2 Å². The van der Waals surface area contributed by atoms with Gasteiger partial charge in [-0.25, -0.2) is 0 Å². The summed E-state index contributed by atoms with van der Waals surface area (Å²) in [5.74, 6) is -1.66. The molecule has 0 bridgehead atoms. The maximum atomic E-state index is 12.5. The Morgan fingerprint density at radius 2 is 1.52 bits per heavy atom. The lowest BCUT2D eigenvalue weighted by atomic mass is 9.78. The Kier molecular flexibility index (Phi) is 4.38. The second-order valence-corrected chi connectivity index (χ2v) is 4.63. The van der Waals surface area contributed by atoms with E-state index in [4.69, 9.17) is 4.74 Å². The lowest BCUT2D eigenvalue weighted by Crippen LogP contribution is -2.45. The largest absolute Gasteiger partial charge is 0.480 e. The van der Waals surface area contributed by atoms with E-state index in [9.17, 15) is 14.7 Å². The topological polar surface area (TPSA) is 63.6 Å². The second-order valence-electron chi connectivity index (χ2n) is 4.63. The third-order valence-corrected chi connectivity index (χ3v) is 3.46. The summed E-state index contributed by atoms with van der Waals surface area (Å²) in [6.07, 6.45) is 0.109. The fraction of sp³-hybridized carbons (Fsp3) is 0.176. The Balaban J connectivity index is 2.41. The van der Waals surface area contributed by atoms with Gasteiger partial charge >= 0.3 is 11.9 Å². The van der Waals surface area contributed by atoms with Gasteiger partial charge in [0.1, 0.15) is 5.75 Å². The summed E-state index contributed by atoms with van der Waals surface area (Å²) in [6.45, 7) is 1.66. The Morgan fingerprint density at radius 1 is 1.00 bits per heavy atom. The molecule has 0 heterocycles. The molecular weight excluding hydrogens is 268 g/mol. The van der Waals surface area contributed by atoms with Crippen LogP contribution in [0.25, 0.3) is 0 Å². The fourth-order valence-corrected chi connectivity index (χ4v) is 2.23. The molecule has 108 valence electrons. The maximum absolute atomic E-state index is 12.5. The molecule has 4 nitrogen and oxygen atoms in total. The van der Waals surface area contributed by atoms with Gasteiger partial charge in [0.15, 0.2) is 5.41 Å². The number of carboxylic acid groups (broad SMARTS) is 1. The molecule has 21 heavy (non-hydrogen) atoms. The smallest absolute Gasteiger partial charge is 0.333 e. The van der Waals surface area contributed by atoms with Crippen LogP contribution in [0.2, 0.25) is 0 Å². The van der Waals surface area contributed by atoms with Crippen molar-refractivity contribution in [2.45, 2.75) is 18.8 Å². The predicted molar refractivity (Wildman–Crippen MR) is 78.1 cm³/mol. The van der Waals surface area contributed by atoms with Gasteiger partial charge in [-0.3, -0.25) is 9.59 Å². The van der Waals surface area contributed by atoms with Crippen LogP contribution in [0.3, 0.4) is 0 Å². The van der Waals surface area contributed by atoms with Crippen molar-refractivity contribution in [1.29, 1.82) is 0 Å². The van der Waals surface area contributed by atoms with E-state index < -0.39 is 17.4 Å². The number of esters is 1. The first-order valence-corrected chi connectivity index (χ1v) is 6.67. The van der Waals surface area contributed by atoms with Crippen molar-refractivity contribution in [2.75, 3.05) is 0 Å². The van der Waals surface area contributed by atoms with Gasteiger partial charge in [-0.05, 0) is 24.1 Å². The molecular formula is C17H16O4. The van der Waals surface area contributed by atoms with Crippen LogP contribution in [-0.4, -0.2) is 17.0 Å². The summed E-state index contributed by atoms with van der Waals surface area (Å²) in [5, 5.41) is 9.62. The summed E-state index contributed by atoms with van der Waals surface area (Å²) in [7, 11) is 0. The average molecular weight is 284 g/mol. The van der Waals surface area contributed by atoms with Crippen LogP contribution in [0, 0.1) is 0 Å². The van der Waals surface area contributed by atoms with Crippen LogP contribution < -0.4 is 4.74 Å². The summed E-state index contributed by atoms with van der Waals surface area (Å²) in [5.41, 5.74) is -1.28. The number of hydrogen-bond acceptors (Lipinski definition) is 3. The van der Waals surface area contributed by atoms with E-state index in [0.29, 0.717) is 11.3 Å². The van der Waals surface area contributed by atoms with Gasteiger partial charge in [0.05, 0.1) is 0 Å². The molecule has 2 aromatic carbocycles. The number of aliphatic carboxylic acids is 1. The molecule has 4 heteroatoms. The molecule has 1 N–H and O–H groups in total. The number of para-hydroxylation sites is 1. The fourth-order valence-electron chi connectivity index (χ4n) is 2.23. The van der Waals surface area contributed by atoms with Gasteiger partial charge in [0.2, 0.25) is 0 Å². The van der Waals surface area contributed by atoms with E-state index in [1.54, 1.807) is 67.6 Å². The number of benzene rings is 2. The van der Waals surface area contributed by atoms with Crippen molar-refractivity contribution in [3.8, 4) is 5.75 Å². The second kappa shape index (κ2) is 6.22. The molecule has 0 aliphatic heterocycles. The minimum Gasteiger partial charge on any atom is -0.480 e. The highest BCUT2D eigenvalue weighted by molar-refractivity contribution is 6.06. The van der Waals surface area contributed by atoms with Gasteiger partial charge in [0, 0.05) is 0 Å². The van der Waals surface area contributed by atoms with Crippen molar-refractivity contribution in [2.24, 2.45) is 0 Å². The maximum Gasteiger partial charge on any atom is 0.333 e. The lowest BCUT2D eigenvalue weighted by Gasteiger charge is -2.26. The normalized spacial score (nSPS) is 13.2. The first-order valence-electron chi connectivity index (χ1n) is 6.67. The monoisotopic (exact) mass is 284 g/mol. The number of carboxylic acids is 1. The summed E-state index contributed by atoms with van der Waals surface area (Å²) >= 11 is 0. The van der Waals surface area contributed by atoms with E-state index in [1.165, 1.54) is 0 Å². The Hall–Kier alpha value is -2.62. The molecule has 0 aliphatic carbocycles. The number of hydrogen-bond donors (Lipinski definition) is 1. The minimum absolute atomic E-state index is 0.109. The first kappa shape index (κ1) is 14.8. The molecule has 0 saturated carbocycles. The van der Waals surface area contributed by atoms with E-state index in [0.717, 1.165) is 0 Å². The van der Waals surface area contributed by atoms with Gasteiger partial charge in [-0.15, -0.1) is 0 Å². The molecule has 0 aliphatic rings. The molecule has 0 spiro atoms. The average Bonchev–Trinajstić information content (AvgIpc) is 2.50. The Morgan fingerprint density at radius 3 is 2.00 bits per heavy atom. The lowest BCUT2D eigenvalue weighted by molar-refractivity contribution is -0.156. The third kappa shape index (κ3) is 2.79. The first-order chi connectivity index (χ1) is 10.1. The molecule has 0 amide bonds. The number of rotatable bonds is 5. The molecule has 1 atom stereocenters. The highest BCUT2D eigenvalue weighted by Gasteiger charge is 2.48. The van der Waals surface area contributed by atoms with Crippen molar-refractivity contribution < 1.29 is 19.4 Å². The zero-order chi connectivity index (χ0) is 15.3. The van der Waals surface area contributed by atoms with E-state index in [2.05, 4.69) is 0 Å². The molecule has 0 saturated heterocycles. The zero-order valence-corrected chi connectivity index (χ0v) is 11.7. The van der Waals surface area contributed by atoms with E-state index >= 15 is 0 Å². The van der Waals surface area contributed by atoms with Crippen molar-refractivity contribution in [1.82, 2.24) is 0 Å². The van der Waals surface area contributed by atoms with Crippen molar-refractivity contribution in [3.63, 3.8) is 0 Å². The third-order valence-electron chi connectivity index (χ3n) is 3.46. The molecule has 1 unspecified atom stereocenters. The quantitative estimate of drug-likeness (QED) is 0.521. The molecule has 2 rings (SSSR count). The highest BCUT2D eigenvalue weighted by Crippen LogP contribution is 2.30. The van der Waals surface area contributed by atoms with Crippen LogP contribution in [0.5, 0.6) is 5.75 Å². The standard InChI is InChI=1S/C17H16O4/c1-2-17(15(18)19,13-9-5-3-6-10-13)16(20)21-14-11-7-4-8-12-14/h3-12H,2H2,1H3,(H,18,19). The SMILES string of the molecule is CCC(C(=O)O)(C(=O)Oc1ccccc1)c1ccccc1. The Bertz CT molecular complexity index is 622. The van der Waals surface area contributed by atoms with Crippen LogP contribution in [0.15, 0.2) is 60.7 Å². The molecule has 0 fully saturated rings. The molecule has 0 radical (unpaired) electrons. The zero-order valence-electron chi connectivity index (χ0n) is 11.7. The van der Waals surface area contributed by atoms with Crippen molar-refractivity contribution >= 4 is 11.9 Å². The van der Waals surface area contributed by atoms with E-state index in [1.807, 2.05) is 0 Å². The molecule has 2 aromatic rings. The summed E-state index contributed by atoms with van der Waals surface area (Å²) in [4.78, 5) is 24.3. The minimum atomic E-state index is -1.70. The van der Waals surface area contributed by atoms with Gasteiger partial charge in [-0.2, -0.15) is 0 Å². The van der Waals surface area contributed by atoms with Crippen LogP contribution in [0.4, 0.5) is 0 Å². The predicted octanol–water partition coefficient (Wildman–Crippen LogP) is 3.02. The Labute approximate surface area is 123 Å². The van der Waals surface area contributed by atoms with E-state index in [-0.39, 0.29) is 6.42 Å². The number of ether oxygens (including phenoxy) is 1.